The molecule has 0 spiro atoms. The van der Waals surface area contributed by atoms with Crippen LogP contribution in [0.1, 0.15) is 53.7 Å². The summed E-state index contributed by atoms with van der Waals surface area (Å²) >= 11 is 0. The van der Waals surface area contributed by atoms with Gasteiger partial charge < -0.3 is 9.47 Å². The van der Waals surface area contributed by atoms with E-state index in [4.69, 9.17) is 0 Å². The molecule has 1 saturated heterocycles. The Morgan fingerprint density at radius 2 is 1.91 bits per heavy atom. The lowest BCUT2D eigenvalue weighted by molar-refractivity contribution is -0.137. The fourth-order valence-corrected chi connectivity index (χ4v) is 4.55. The van der Waals surface area contributed by atoms with Gasteiger partial charge in [0.2, 0.25) is 11.9 Å². The lowest BCUT2D eigenvalue weighted by atomic mass is 10.1. The number of amides is 2. The second-order valence-electron chi connectivity index (χ2n) is 8.71. The van der Waals surface area contributed by atoms with Crippen LogP contribution >= 0.6 is 0 Å². The number of rotatable bonds is 4. The third kappa shape index (κ3) is 5.23. The van der Waals surface area contributed by atoms with Gasteiger partial charge in [0, 0.05) is 18.7 Å². The summed E-state index contributed by atoms with van der Waals surface area (Å²) in [4.78, 5) is 32.0. The molecule has 0 radical (unpaired) electrons. The highest BCUT2D eigenvalue weighted by Crippen LogP contribution is 2.33. The van der Waals surface area contributed by atoms with Crippen LogP contribution in [0.15, 0.2) is 54.6 Å². The summed E-state index contributed by atoms with van der Waals surface area (Å²) in [6, 6.07) is 9.79. The molecule has 2 aromatic carbocycles. The highest BCUT2D eigenvalue weighted by atomic mass is 19.4. The molecule has 1 fully saturated rings. The number of benzene rings is 2. The van der Waals surface area contributed by atoms with Crippen LogP contribution in [0.3, 0.4) is 0 Å². The second-order valence-corrected chi connectivity index (χ2v) is 8.71. The molecule has 1 N–H and O–H groups in total. The van der Waals surface area contributed by atoms with Crippen molar-refractivity contribution in [1.29, 1.82) is 0 Å². The van der Waals surface area contributed by atoms with E-state index >= 15 is 0 Å². The maximum Gasteiger partial charge on any atom is 0.416 e. The van der Waals surface area contributed by atoms with Crippen molar-refractivity contribution in [3.05, 3.63) is 71.3 Å². The van der Waals surface area contributed by atoms with Gasteiger partial charge in [0.1, 0.15) is 0 Å². The summed E-state index contributed by atoms with van der Waals surface area (Å²) in [5, 5.41) is 2.74. The summed E-state index contributed by atoms with van der Waals surface area (Å²) in [6.45, 7) is 4.81. The van der Waals surface area contributed by atoms with Crippen LogP contribution in [0.4, 0.5) is 19.1 Å². The number of nitrogens with zero attached hydrogens (tertiary/aromatic N) is 3. The zero-order chi connectivity index (χ0) is 25.2. The molecule has 184 valence electrons. The van der Waals surface area contributed by atoms with E-state index in [-0.39, 0.29) is 23.5 Å². The molecule has 1 aromatic heterocycles. The number of alkyl halides is 3. The lowest BCUT2D eigenvalue weighted by Crippen LogP contribution is -2.34. The van der Waals surface area contributed by atoms with Crippen LogP contribution in [0.5, 0.6) is 0 Å². The van der Waals surface area contributed by atoms with Crippen LogP contribution < -0.4 is 5.32 Å². The third-order valence-electron chi connectivity index (χ3n) is 6.22. The Labute approximate surface area is 201 Å². The summed E-state index contributed by atoms with van der Waals surface area (Å²) in [5.41, 5.74) is 1.44. The van der Waals surface area contributed by atoms with Crippen LogP contribution in [-0.2, 0) is 11.0 Å². The number of anilines is 1. The topological polar surface area (TPSA) is 67.2 Å². The summed E-state index contributed by atoms with van der Waals surface area (Å²) < 4.78 is 41.4. The Balaban J connectivity index is 1.74. The molecule has 2 heterocycles. The molecule has 3 aromatic rings. The summed E-state index contributed by atoms with van der Waals surface area (Å²) in [5.74, 6) is -0.502. The number of para-hydroxylation sites is 1. The fraction of sp³-hybridized carbons (Fsp3) is 0.346. The molecule has 2 amide bonds. The van der Waals surface area contributed by atoms with Gasteiger partial charge in [-0.15, -0.1) is 0 Å². The average molecular weight is 485 g/mol. The van der Waals surface area contributed by atoms with Crippen molar-refractivity contribution in [2.45, 2.75) is 45.3 Å². The Morgan fingerprint density at radius 1 is 1.14 bits per heavy atom. The van der Waals surface area contributed by atoms with Gasteiger partial charge in [-0.1, -0.05) is 24.3 Å². The van der Waals surface area contributed by atoms with E-state index in [1.165, 1.54) is 18.2 Å². The van der Waals surface area contributed by atoms with Gasteiger partial charge in [0.15, 0.2) is 0 Å². The number of nitrogens with one attached hydrogen (secondary N) is 1. The summed E-state index contributed by atoms with van der Waals surface area (Å²) in [6.07, 6.45) is 1.21. The number of hydrogen-bond donors (Lipinski definition) is 1. The number of aromatic nitrogens is 2. The first-order chi connectivity index (χ1) is 16.7. The first-order valence-electron chi connectivity index (χ1n) is 11.6. The van der Waals surface area contributed by atoms with Crippen molar-refractivity contribution in [3.63, 3.8) is 0 Å². The molecule has 1 atom stereocenters. The van der Waals surface area contributed by atoms with Gasteiger partial charge in [0.25, 0.3) is 5.91 Å². The molecule has 9 heteroatoms. The SMILES string of the molecule is C/C=C/C(=O)N1CCCC[C@@H](n2c(NC(=O)c3cccc(C(F)(F)F)c3)nc3cccc(C)c32)C1. The van der Waals surface area contributed by atoms with E-state index in [9.17, 15) is 22.8 Å². The van der Waals surface area contributed by atoms with Gasteiger partial charge in [0.05, 0.1) is 22.6 Å². The van der Waals surface area contributed by atoms with Crippen molar-refractivity contribution < 1.29 is 22.8 Å². The van der Waals surface area contributed by atoms with Crippen molar-refractivity contribution in [1.82, 2.24) is 14.5 Å². The van der Waals surface area contributed by atoms with Crippen molar-refractivity contribution in [3.8, 4) is 0 Å². The molecule has 35 heavy (non-hydrogen) atoms. The molecule has 6 nitrogen and oxygen atoms in total. The smallest absolute Gasteiger partial charge is 0.337 e. The maximum atomic E-state index is 13.2. The predicted molar refractivity (Wildman–Crippen MR) is 128 cm³/mol. The number of fused-ring (bicyclic) bond motifs is 1. The third-order valence-corrected chi connectivity index (χ3v) is 6.22. The number of carbonyl (C=O) groups excluding carboxylic acids is 2. The number of halogens is 3. The molecule has 1 aliphatic rings. The summed E-state index contributed by atoms with van der Waals surface area (Å²) in [7, 11) is 0. The number of allylic oxidation sites excluding steroid dienone is 1. The highest BCUT2D eigenvalue weighted by Gasteiger charge is 2.31. The van der Waals surface area contributed by atoms with E-state index in [0.29, 0.717) is 18.6 Å². The quantitative estimate of drug-likeness (QED) is 0.480. The molecule has 0 aliphatic carbocycles. The van der Waals surface area contributed by atoms with Gasteiger partial charge >= 0.3 is 6.18 Å². The Morgan fingerprint density at radius 3 is 2.66 bits per heavy atom. The lowest BCUT2D eigenvalue weighted by Gasteiger charge is -2.26. The van der Waals surface area contributed by atoms with Crippen LogP contribution in [0, 0.1) is 6.92 Å². The maximum absolute atomic E-state index is 13.2. The largest absolute Gasteiger partial charge is 0.416 e. The average Bonchev–Trinajstić information content (AvgIpc) is 3.01. The first-order valence-corrected chi connectivity index (χ1v) is 11.6. The predicted octanol–water partition coefficient (Wildman–Crippen LogP) is 5.75. The van der Waals surface area contributed by atoms with Gasteiger partial charge in [-0.2, -0.15) is 13.2 Å². The Hall–Kier alpha value is -3.62. The minimum atomic E-state index is -4.55. The monoisotopic (exact) mass is 484 g/mol. The first kappa shape index (κ1) is 24.5. The highest BCUT2D eigenvalue weighted by molar-refractivity contribution is 6.04. The Bertz CT molecular complexity index is 1280. The molecule has 0 bridgehead atoms. The standard InChI is InChI=1S/C26H27F3N4O2/c1-3-8-22(34)32-14-5-4-12-20(16-32)33-23-17(2)9-6-13-21(23)30-25(33)31-24(35)18-10-7-11-19(15-18)26(27,28)29/h3,6-11,13,15,20H,4-5,12,14,16H2,1-2H3,(H,30,31,35)/b8-3+/t20-/m1/s1. The minimum absolute atomic E-state index is 0.0740. The van der Waals surface area contributed by atoms with E-state index in [1.54, 1.807) is 17.9 Å². The van der Waals surface area contributed by atoms with Crippen LogP contribution in [0.25, 0.3) is 11.0 Å². The van der Waals surface area contributed by atoms with Crippen molar-refractivity contribution >= 4 is 28.8 Å². The van der Waals surface area contributed by atoms with E-state index in [1.807, 2.05) is 29.7 Å². The molecular weight excluding hydrogens is 457 g/mol. The van der Waals surface area contributed by atoms with Crippen LogP contribution in [0.2, 0.25) is 0 Å². The van der Waals surface area contributed by atoms with Crippen molar-refractivity contribution in [2.75, 3.05) is 18.4 Å². The van der Waals surface area contributed by atoms with Crippen molar-refractivity contribution in [2.24, 2.45) is 0 Å². The number of likely N-dealkylation sites (tertiary alicyclic amines) is 1. The number of imidazole rings is 1. The molecule has 0 unspecified atom stereocenters. The zero-order valence-electron chi connectivity index (χ0n) is 19.6. The van der Waals surface area contributed by atoms with E-state index in [2.05, 4.69) is 10.3 Å². The van der Waals surface area contributed by atoms with Gasteiger partial charge in [-0.05, 0) is 69.0 Å². The zero-order valence-corrected chi connectivity index (χ0v) is 19.6. The number of aryl methyl sites for hydroxylation is 1. The molecule has 0 saturated carbocycles. The normalized spacial score (nSPS) is 17.1. The van der Waals surface area contributed by atoms with E-state index < -0.39 is 17.6 Å². The molecule has 4 rings (SSSR count). The Kier molecular flexibility index (Phi) is 6.95. The van der Waals surface area contributed by atoms with Gasteiger partial charge in [-0.25, -0.2) is 4.98 Å². The van der Waals surface area contributed by atoms with Crippen LogP contribution in [-0.4, -0.2) is 39.4 Å². The molecule has 1 aliphatic heterocycles. The minimum Gasteiger partial charge on any atom is -0.337 e. The van der Waals surface area contributed by atoms with E-state index in [0.717, 1.165) is 42.5 Å². The molecular formula is C26H27F3N4O2. The van der Waals surface area contributed by atoms with Gasteiger partial charge in [-0.3, -0.25) is 14.9 Å². The fourth-order valence-electron chi connectivity index (χ4n) is 4.55. The second kappa shape index (κ2) is 9.93. The number of hydrogen-bond acceptors (Lipinski definition) is 3. The number of carbonyl (C=O) groups is 2.